The fourth-order valence-corrected chi connectivity index (χ4v) is 7.34. The van der Waals surface area contributed by atoms with Gasteiger partial charge >= 0.3 is 69.9 Å². The number of fused-ring (bicyclic) bond motifs is 2. The van der Waals surface area contributed by atoms with Crippen LogP contribution in [-0.2, 0) is 65.7 Å². The number of hydrogen-bond donors (Lipinski definition) is 5. The van der Waals surface area contributed by atoms with Crippen LogP contribution in [0.3, 0.4) is 0 Å². The third-order valence-electron chi connectivity index (χ3n) is 7.24. The van der Waals surface area contributed by atoms with Crippen LogP contribution < -0.4 is 26.5 Å². The minimum absolute atomic E-state index is 1.23. The van der Waals surface area contributed by atoms with Crippen molar-refractivity contribution in [3.05, 3.63) is 96.1 Å². The molecule has 5 N–H and O–H groups in total. The number of phosphoric acid groups is 1. The molecule has 0 amide bonds. The van der Waals surface area contributed by atoms with Crippen molar-refractivity contribution in [1.82, 2.24) is 0 Å². The predicted octanol–water partition coefficient (Wildman–Crippen LogP) is 2.63. The molecule has 0 saturated carbocycles. The fourth-order valence-electron chi connectivity index (χ4n) is 4.83. The summed E-state index contributed by atoms with van der Waals surface area (Å²) < 4.78 is 82.7. The Bertz CT molecular complexity index is 2280. The second kappa shape index (κ2) is 20.3. The van der Waals surface area contributed by atoms with Crippen LogP contribution in [0.15, 0.2) is 84.9 Å². The Morgan fingerprint density at radius 2 is 0.891 bits per heavy atom. The van der Waals surface area contributed by atoms with Gasteiger partial charge in [0.05, 0.1) is 11.1 Å². The van der Waals surface area contributed by atoms with Crippen molar-refractivity contribution in [2.24, 2.45) is 14.1 Å². The molecule has 6 rings (SSSR count). The van der Waals surface area contributed by atoms with Gasteiger partial charge in [0, 0.05) is 51.7 Å². The van der Waals surface area contributed by atoms with E-state index in [1.807, 2.05) is 22.7 Å². The quantitative estimate of drug-likeness (QED) is 0.0969. The first kappa shape index (κ1) is 47.9. The molecule has 2 aromatic heterocycles. The summed E-state index contributed by atoms with van der Waals surface area (Å²) in [7, 11) is 7.91. The molecule has 0 saturated heterocycles. The molecular formula is C34H43MoN4O12PS2W. The van der Waals surface area contributed by atoms with Crippen LogP contribution in [0.2, 0.25) is 0 Å². The molecule has 0 fully saturated rings. The first-order chi connectivity index (χ1) is 25.1. The Morgan fingerprint density at radius 1 is 0.636 bits per heavy atom. The number of aryl methyl sites for hydroxylation is 4. The molecule has 300 valence electrons. The molecule has 0 radical (unpaired) electrons. The molecule has 0 aliphatic heterocycles. The maximum atomic E-state index is 8.88. The summed E-state index contributed by atoms with van der Waals surface area (Å²) in [6.45, 7) is 4.29. The zero-order valence-corrected chi connectivity index (χ0v) is 38.5. The first-order valence-corrected chi connectivity index (χ1v) is 27.1. The van der Waals surface area contributed by atoms with Gasteiger partial charge in [-0.1, -0.05) is 34.8 Å². The van der Waals surface area contributed by atoms with Gasteiger partial charge in [0.25, 0.3) is 10.0 Å². The van der Waals surface area contributed by atoms with E-state index in [2.05, 4.69) is 160 Å². The van der Waals surface area contributed by atoms with Crippen molar-refractivity contribution in [2.45, 2.75) is 13.8 Å². The molecule has 55 heavy (non-hydrogen) atoms. The Balaban J connectivity index is 0.000000279. The van der Waals surface area contributed by atoms with Crippen LogP contribution in [0.4, 0.5) is 11.4 Å². The third-order valence-corrected chi connectivity index (χ3v) is 9.74. The van der Waals surface area contributed by atoms with Gasteiger partial charge in [-0.15, -0.1) is 0 Å². The van der Waals surface area contributed by atoms with Crippen LogP contribution >= 0.6 is 30.5 Å². The van der Waals surface area contributed by atoms with Crippen molar-refractivity contribution < 1.29 is 90.5 Å². The number of thiazole rings is 2. The van der Waals surface area contributed by atoms with Crippen molar-refractivity contribution in [3.63, 3.8) is 0 Å². The zero-order valence-electron chi connectivity index (χ0n) is 31.0. The summed E-state index contributed by atoms with van der Waals surface area (Å²) in [6, 6.07) is 30.8. The summed E-state index contributed by atoms with van der Waals surface area (Å²) in [5, 5.41) is 2.60. The molecule has 0 bridgehead atoms. The van der Waals surface area contributed by atoms with Gasteiger partial charge in [0.15, 0.2) is 0 Å². The van der Waals surface area contributed by atoms with Crippen LogP contribution in [0.1, 0.15) is 11.1 Å². The molecule has 4 aromatic carbocycles. The van der Waals surface area contributed by atoms with E-state index in [1.54, 1.807) is 0 Å². The van der Waals surface area contributed by atoms with E-state index < -0.39 is 41.3 Å². The van der Waals surface area contributed by atoms with Gasteiger partial charge in [-0.3, -0.25) is 0 Å². The molecule has 0 aliphatic carbocycles. The number of aromatic nitrogens is 2. The molecule has 0 atom stereocenters. The Kier molecular flexibility index (Phi) is 17.7. The average molecular weight is 1070 g/mol. The van der Waals surface area contributed by atoms with E-state index in [1.165, 1.54) is 64.1 Å². The summed E-state index contributed by atoms with van der Waals surface area (Å²) >= 11 is -7.98. The van der Waals surface area contributed by atoms with Gasteiger partial charge in [-0.2, -0.15) is 9.13 Å². The van der Waals surface area contributed by atoms with E-state index in [0.717, 1.165) is 0 Å². The van der Waals surface area contributed by atoms with Crippen LogP contribution in [0, 0.1) is 13.8 Å². The van der Waals surface area contributed by atoms with E-state index in [0.29, 0.717) is 0 Å². The van der Waals surface area contributed by atoms with Gasteiger partial charge in [-0.05, 0) is 85.6 Å². The Hall–Kier alpha value is -3.21. The van der Waals surface area contributed by atoms with Crippen molar-refractivity contribution >= 4 is 62.3 Å². The topological polar surface area (TPSA) is 247 Å². The molecule has 0 unspecified atom stereocenters. The van der Waals surface area contributed by atoms with Crippen molar-refractivity contribution in [2.75, 3.05) is 38.0 Å². The number of hydrogen-bond acceptors (Lipinski definition) is 11. The predicted molar refractivity (Wildman–Crippen MR) is 196 cm³/mol. The third kappa shape index (κ3) is 17.6. The van der Waals surface area contributed by atoms with E-state index >= 15 is 0 Å². The fraction of sp³-hybridized carbons (Fsp3) is 0.235. The molecule has 6 aromatic rings. The number of rotatable bonds is 4. The van der Waals surface area contributed by atoms with Crippen molar-refractivity contribution in [1.29, 1.82) is 0 Å². The molecule has 0 aliphatic rings. The minimum atomic E-state index is -6.02. The van der Waals surface area contributed by atoms with Gasteiger partial charge in [0.1, 0.15) is 23.5 Å². The van der Waals surface area contributed by atoms with Crippen LogP contribution in [0.5, 0.6) is 0 Å². The second-order valence-electron chi connectivity index (χ2n) is 12.1. The zero-order chi connectivity index (χ0) is 42.1. The Labute approximate surface area is 333 Å². The number of anilines is 2. The van der Waals surface area contributed by atoms with Gasteiger partial charge in [0.2, 0.25) is 11.0 Å². The van der Waals surface area contributed by atoms with Crippen LogP contribution in [-0.4, -0.2) is 50.4 Å². The van der Waals surface area contributed by atoms with E-state index in [4.69, 9.17) is 47.9 Å². The van der Waals surface area contributed by atoms with E-state index in [9.17, 15) is 0 Å². The number of nitrogens with zero attached hydrogens (tertiary/aromatic N) is 4. The summed E-state index contributed by atoms with van der Waals surface area (Å²) in [4.78, 5) is 25.8. The second-order valence-corrected chi connectivity index (χ2v) is 20.4. The van der Waals surface area contributed by atoms with E-state index in [-0.39, 0.29) is 0 Å². The maximum absolute atomic E-state index is 8.88. The normalized spacial score (nSPS) is 11.2. The summed E-state index contributed by atoms with van der Waals surface area (Å²) in [5.41, 5.74) is 10.2. The first-order valence-electron chi connectivity index (χ1n) is 15.6. The summed E-state index contributed by atoms with van der Waals surface area (Å²) in [5.74, 6) is 0. The SMILES string of the molecule is Cc1ccc2c(c1)sc(-c1ccc(N(C)C)cc1)[n+]2C.Cc1ccc2c(c1)sc(-c1ccc(N(C)C)cc1)[n+]2C.O=P(O)(O)O.[O]=[Mo](=[O])([O-])[O-].[O]=[W](=[O])([OH])[OH]. The molecular weight excluding hydrogens is 1030 g/mol. The number of benzene rings is 4. The molecule has 0 spiro atoms. The standard InChI is InChI=1S/2C17H19N2S.Mo.H3O4P.2H2O.6O.W/c2*1-12-5-10-15-16(11-12)20-17(19(15)4)13-6-8-14(9-7-13)18(2)3;;1-5(2,3)4;;;;;;;;;/h2*5-11H,1-4H3;;(H3,1,2,3,4);2*1H2;;;;;;;/q2*+1;;;;;;;;;2*-1;+2/p-2. The van der Waals surface area contributed by atoms with Gasteiger partial charge in [-0.25, -0.2) is 4.57 Å². The summed E-state index contributed by atoms with van der Waals surface area (Å²) in [6.07, 6.45) is 0. The molecule has 2 heterocycles. The van der Waals surface area contributed by atoms with Gasteiger partial charge < -0.3 is 24.5 Å². The Morgan fingerprint density at radius 3 is 1.13 bits per heavy atom. The monoisotopic (exact) mass is 1080 g/mol. The molecule has 21 heteroatoms. The van der Waals surface area contributed by atoms with Crippen LogP contribution in [0.25, 0.3) is 41.6 Å². The molecule has 16 nitrogen and oxygen atoms in total. The van der Waals surface area contributed by atoms with Crippen molar-refractivity contribution in [3.8, 4) is 21.1 Å². The average Bonchev–Trinajstić information content (AvgIpc) is 3.54.